The van der Waals surface area contributed by atoms with Gasteiger partial charge in [0, 0.05) is 6.54 Å². The predicted molar refractivity (Wildman–Crippen MR) is 68.7 cm³/mol. The molecule has 96 valence electrons. The van der Waals surface area contributed by atoms with E-state index >= 15 is 0 Å². The summed E-state index contributed by atoms with van der Waals surface area (Å²) >= 11 is 1.33. The Morgan fingerprint density at radius 3 is 2.94 bits per heavy atom. The van der Waals surface area contributed by atoms with Crippen molar-refractivity contribution in [3.63, 3.8) is 0 Å². The molecular weight excluding hydrogens is 238 g/mol. The maximum atomic E-state index is 11.8. The summed E-state index contributed by atoms with van der Waals surface area (Å²) in [6, 6.07) is 1.75. The highest BCUT2D eigenvalue weighted by molar-refractivity contribution is 7.12. The van der Waals surface area contributed by atoms with Gasteiger partial charge in [-0.3, -0.25) is 4.79 Å². The lowest BCUT2D eigenvalue weighted by Gasteiger charge is -2.22. The summed E-state index contributed by atoms with van der Waals surface area (Å²) in [5.41, 5.74) is -0.852. The monoisotopic (exact) mass is 257 g/mol. The van der Waals surface area contributed by atoms with Crippen LogP contribution >= 0.6 is 11.3 Å². The first-order chi connectivity index (χ1) is 8.00. The Kier molecular flexibility index (Phi) is 4.96. The number of carbonyl (C=O) groups excluding carboxylic acids is 1. The van der Waals surface area contributed by atoms with E-state index < -0.39 is 5.60 Å². The van der Waals surface area contributed by atoms with Gasteiger partial charge in [-0.05, 0) is 24.8 Å². The van der Waals surface area contributed by atoms with Crippen LogP contribution in [0.1, 0.15) is 36.4 Å². The van der Waals surface area contributed by atoms with Gasteiger partial charge in [0.05, 0.1) is 12.7 Å². The first-order valence-corrected chi connectivity index (χ1v) is 6.50. The fourth-order valence-electron chi connectivity index (χ4n) is 1.60. The molecule has 0 saturated heterocycles. The Morgan fingerprint density at radius 2 is 2.35 bits per heavy atom. The molecule has 5 heteroatoms. The maximum absolute atomic E-state index is 11.8. The van der Waals surface area contributed by atoms with Gasteiger partial charge in [0.2, 0.25) is 0 Å². The van der Waals surface area contributed by atoms with Crippen molar-refractivity contribution in [2.75, 3.05) is 13.7 Å². The number of aliphatic hydroxyl groups is 1. The number of hydrogen-bond acceptors (Lipinski definition) is 4. The zero-order valence-corrected chi connectivity index (χ0v) is 11.3. The number of hydrogen-bond donors (Lipinski definition) is 2. The van der Waals surface area contributed by atoms with Crippen molar-refractivity contribution in [3.05, 3.63) is 16.3 Å². The summed E-state index contributed by atoms with van der Waals surface area (Å²) in [6.07, 6.45) is 1.54. The van der Waals surface area contributed by atoms with Crippen LogP contribution in [0.15, 0.2) is 11.4 Å². The minimum atomic E-state index is -0.852. The van der Waals surface area contributed by atoms with E-state index in [4.69, 9.17) is 4.74 Å². The van der Waals surface area contributed by atoms with Gasteiger partial charge in [0.1, 0.15) is 10.6 Å². The molecule has 0 aliphatic carbocycles. The van der Waals surface area contributed by atoms with Crippen LogP contribution in [0.4, 0.5) is 0 Å². The quantitative estimate of drug-likeness (QED) is 0.820. The molecule has 2 N–H and O–H groups in total. The molecule has 0 aromatic carbocycles. The van der Waals surface area contributed by atoms with Crippen LogP contribution in [0.3, 0.4) is 0 Å². The molecule has 0 aliphatic rings. The molecule has 0 aliphatic heterocycles. The van der Waals surface area contributed by atoms with E-state index in [9.17, 15) is 9.90 Å². The van der Waals surface area contributed by atoms with Gasteiger partial charge in [0.25, 0.3) is 5.91 Å². The molecule has 0 saturated carbocycles. The third kappa shape index (κ3) is 4.02. The second-order valence-electron chi connectivity index (χ2n) is 4.25. The van der Waals surface area contributed by atoms with Crippen LogP contribution in [0.5, 0.6) is 5.75 Å². The van der Waals surface area contributed by atoms with E-state index in [0.717, 1.165) is 6.42 Å². The normalized spacial score (nSPS) is 14.1. The lowest BCUT2D eigenvalue weighted by atomic mass is 10.0. The molecule has 17 heavy (non-hydrogen) atoms. The van der Waals surface area contributed by atoms with Crippen LogP contribution in [0.2, 0.25) is 0 Å². The van der Waals surface area contributed by atoms with Crippen molar-refractivity contribution in [1.82, 2.24) is 5.32 Å². The Bertz CT molecular complexity index is 374. The minimum absolute atomic E-state index is 0.201. The van der Waals surface area contributed by atoms with Crippen LogP contribution in [0.25, 0.3) is 0 Å². The molecule has 1 unspecified atom stereocenters. The number of ether oxygens (including phenoxy) is 1. The van der Waals surface area contributed by atoms with Crippen LogP contribution in [0, 0.1) is 0 Å². The van der Waals surface area contributed by atoms with Crippen molar-refractivity contribution in [2.24, 2.45) is 0 Å². The second kappa shape index (κ2) is 6.02. The largest absolute Gasteiger partial charge is 0.495 e. The topological polar surface area (TPSA) is 58.6 Å². The van der Waals surface area contributed by atoms with Crippen molar-refractivity contribution in [3.8, 4) is 5.75 Å². The summed E-state index contributed by atoms with van der Waals surface area (Å²) < 4.78 is 5.07. The summed E-state index contributed by atoms with van der Waals surface area (Å²) in [5, 5.41) is 14.5. The average Bonchev–Trinajstić information content (AvgIpc) is 2.74. The molecule has 1 amide bonds. The molecule has 1 rings (SSSR count). The Balaban J connectivity index is 2.56. The average molecular weight is 257 g/mol. The molecule has 1 aromatic rings. The van der Waals surface area contributed by atoms with E-state index in [0.29, 0.717) is 17.0 Å². The predicted octanol–water partition coefficient (Wildman–Crippen LogP) is 2.04. The number of nitrogens with one attached hydrogen (secondary N) is 1. The molecule has 1 atom stereocenters. The van der Waals surface area contributed by atoms with E-state index in [1.54, 1.807) is 18.4 Å². The van der Waals surface area contributed by atoms with E-state index in [1.165, 1.54) is 18.4 Å². The highest BCUT2D eigenvalue weighted by Gasteiger charge is 2.21. The van der Waals surface area contributed by atoms with Crippen molar-refractivity contribution in [1.29, 1.82) is 0 Å². The maximum Gasteiger partial charge on any atom is 0.265 e. The summed E-state index contributed by atoms with van der Waals surface area (Å²) in [7, 11) is 1.53. The lowest BCUT2D eigenvalue weighted by molar-refractivity contribution is 0.0470. The number of carbonyl (C=O) groups is 1. The smallest absolute Gasteiger partial charge is 0.265 e. The van der Waals surface area contributed by atoms with Crippen LogP contribution in [-0.2, 0) is 0 Å². The van der Waals surface area contributed by atoms with Crippen molar-refractivity contribution in [2.45, 2.75) is 32.3 Å². The molecule has 0 radical (unpaired) electrons. The minimum Gasteiger partial charge on any atom is -0.495 e. The van der Waals surface area contributed by atoms with Crippen LogP contribution in [-0.4, -0.2) is 30.3 Å². The SMILES string of the molecule is CCCC(C)(O)CNC(=O)c1sccc1OC. The number of amides is 1. The third-order valence-electron chi connectivity index (χ3n) is 2.47. The van der Waals surface area contributed by atoms with Gasteiger partial charge in [-0.25, -0.2) is 0 Å². The summed E-state index contributed by atoms with van der Waals surface area (Å²) in [6.45, 7) is 3.97. The first kappa shape index (κ1) is 14.0. The third-order valence-corrected chi connectivity index (χ3v) is 3.37. The van der Waals surface area contributed by atoms with Crippen molar-refractivity contribution < 1.29 is 14.6 Å². The molecule has 4 nitrogen and oxygen atoms in total. The molecule has 0 bridgehead atoms. The van der Waals surface area contributed by atoms with Crippen molar-refractivity contribution >= 4 is 17.2 Å². The fourth-order valence-corrected chi connectivity index (χ4v) is 2.38. The highest BCUT2D eigenvalue weighted by atomic mass is 32.1. The summed E-state index contributed by atoms with van der Waals surface area (Å²) in [5.74, 6) is 0.371. The Hall–Kier alpha value is -1.07. The number of thiophene rings is 1. The molecule has 0 fully saturated rings. The summed E-state index contributed by atoms with van der Waals surface area (Å²) in [4.78, 5) is 12.4. The van der Waals surface area contributed by atoms with Gasteiger partial charge in [-0.1, -0.05) is 13.3 Å². The van der Waals surface area contributed by atoms with Gasteiger partial charge >= 0.3 is 0 Å². The zero-order chi connectivity index (χ0) is 12.9. The van der Waals surface area contributed by atoms with E-state index in [2.05, 4.69) is 5.32 Å². The van der Waals surface area contributed by atoms with Gasteiger partial charge in [-0.2, -0.15) is 0 Å². The van der Waals surface area contributed by atoms with E-state index in [-0.39, 0.29) is 12.5 Å². The Morgan fingerprint density at radius 1 is 1.65 bits per heavy atom. The molecule has 1 aromatic heterocycles. The first-order valence-electron chi connectivity index (χ1n) is 5.62. The van der Waals surface area contributed by atoms with Crippen LogP contribution < -0.4 is 10.1 Å². The van der Waals surface area contributed by atoms with Gasteiger partial charge < -0.3 is 15.2 Å². The molecule has 0 spiro atoms. The number of methoxy groups -OCH3 is 1. The van der Waals surface area contributed by atoms with E-state index in [1.807, 2.05) is 6.92 Å². The fraction of sp³-hybridized carbons (Fsp3) is 0.583. The molecule has 1 heterocycles. The highest BCUT2D eigenvalue weighted by Crippen LogP contribution is 2.24. The van der Waals surface area contributed by atoms with Gasteiger partial charge in [0.15, 0.2) is 0 Å². The Labute approximate surface area is 106 Å². The lowest BCUT2D eigenvalue weighted by Crippen LogP contribution is -2.40. The second-order valence-corrected chi connectivity index (χ2v) is 5.16. The molecular formula is C12H19NO3S. The van der Waals surface area contributed by atoms with Gasteiger partial charge in [-0.15, -0.1) is 11.3 Å². The zero-order valence-electron chi connectivity index (χ0n) is 10.4. The standard InChI is InChI=1S/C12H19NO3S/c1-4-6-12(2,15)8-13-11(14)10-9(16-3)5-7-17-10/h5,7,15H,4,6,8H2,1-3H3,(H,13,14). The number of rotatable bonds is 6.